The van der Waals surface area contributed by atoms with Crippen LogP contribution >= 0.6 is 9.24 Å². The molecule has 3 N–H and O–H groups in total. The molecule has 1 saturated heterocycles. The Balaban J connectivity index is 0.000000233. The minimum Gasteiger partial charge on any atom is -0.497 e. The molecule has 2 aliphatic rings. The molecule has 9 nitrogen and oxygen atoms in total. The lowest BCUT2D eigenvalue weighted by molar-refractivity contribution is -0.119. The van der Waals surface area contributed by atoms with Crippen molar-refractivity contribution in [3.05, 3.63) is 64.7 Å². The van der Waals surface area contributed by atoms with Gasteiger partial charge in [0, 0.05) is 35.7 Å². The fourth-order valence-corrected chi connectivity index (χ4v) is 3.39. The van der Waals surface area contributed by atoms with E-state index < -0.39 is 18.0 Å². The van der Waals surface area contributed by atoms with E-state index in [9.17, 15) is 14.4 Å². The molecule has 0 aromatic heterocycles. The number of rotatable bonds is 3. The number of amidine groups is 1. The number of fused-ring (bicyclic) bond motifs is 1. The van der Waals surface area contributed by atoms with Crippen LogP contribution in [-0.2, 0) is 11.3 Å². The maximum atomic E-state index is 11.5. The van der Waals surface area contributed by atoms with Crippen molar-refractivity contribution in [3.63, 3.8) is 0 Å². The Morgan fingerprint density at radius 3 is 2.47 bits per heavy atom. The topological polar surface area (TPSA) is 124 Å². The number of benzene rings is 2. The molecule has 0 bridgehead atoms. The standard InChI is InChI=1S/C16H17N4O2P.C10H11NO2/c1-9(2)15(23)19-13(17)11-6-3-10(4-7-11)5-8-12-14(21)20-16(22)18-12;1-11-6-7-3-4-8(13-2)5-9(7)10(11)12/h3-4,6-7,9,12,17H,23H2,1-2H3,(H2,18,20,21,22);3-5H,6H2,1-2H3. The van der Waals surface area contributed by atoms with Gasteiger partial charge >= 0.3 is 6.03 Å². The first-order chi connectivity index (χ1) is 17.1. The van der Waals surface area contributed by atoms with E-state index in [2.05, 4.69) is 36.7 Å². The molecule has 2 aromatic rings. The van der Waals surface area contributed by atoms with Crippen LogP contribution < -0.4 is 15.4 Å². The SMILES string of the molecule is CC(C)C(P)=NC(=N)c1ccc(C#CC2NC(=O)NC2=O)cc1.COc1ccc2c(c1)C(=O)N(C)C2. The molecular weight excluding hydrogens is 477 g/mol. The minimum absolute atomic E-state index is 0.0777. The Kier molecular flexibility index (Phi) is 8.57. The molecule has 2 atom stereocenters. The average Bonchev–Trinajstić information content (AvgIpc) is 3.34. The van der Waals surface area contributed by atoms with E-state index in [0.717, 1.165) is 22.3 Å². The number of nitrogens with one attached hydrogen (secondary N) is 3. The summed E-state index contributed by atoms with van der Waals surface area (Å²) in [6.45, 7) is 4.73. The van der Waals surface area contributed by atoms with E-state index in [-0.39, 0.29) is 17.7 Å². The molecule has 2 unspecified atom stereocenters. The van der Waals surface area contributed by atoms with Gasteiger partial charge in [0.2, 0.25) is 0 Å². The largest absolute Gasteiger partial charge is 0.497 e. The second-order valence-electron chi connectivity index (χ2n) is 8.47. The third-order valence-electron chi connectivity index (χ3n) is 5.43. The van der Waals surface area contributed by atoms with E-state index in [4.69, 9.17) is 10.1 Å². The summed E-state index contributed by atoms with van der Waals surface area (Å²) < 4.78 is 5.05. The van der Waals surface area contributed by atoms with Gasteiger partial charge in [0.05, 0.1) is 7.11 Å². The third-order valence-corrected chi connectivity index (χ3v) is 6.22. The highest BCUT2D eigenvalue weighted by molar-refractivity contribution is 7.40. The Morgan fingerprint density at radius 2 is 1.89 bits per heavy atom. The zero-order valence-electron chi connectivity index (χ0n) is 20.5. The fraction of sp³-hybridized carbons (Fsp3) is 0.269. The van der Waals surface area contributed by atoms with Crippen LogP contribution in [0.25, 0.3) is 0 Å². The van der Waals surface area contributed by atoms with Gasteiger partial charge in [0.25, 0.3) is 11.8 Å². The average molecular weight is 506 g/mol. The van der Waals surface area contributed by atoms with Crippen LogP contribution in [0.1, 0.15) is 40.9 Å². The van der Waals surface area contributed by atoms with Crippen molar-refractivity contribution in [2.24, 2.45) is 10.9 Å². The molecule has 0 saturated carbocycles. The highest BCUT2D eigenvalue weighted by Crippen LogP contribution is 2.25. The van der Waals surface area contributed by atoms with Crippen molar-refractivity contribution < 1.29 is 19.1 Å². The summed E-state index contributed by atoms with van der Waals surface area (Å²) in [5, 5.41) is 12.5. The van der Waals surface area contributed by atoms with E-state index in [1.807, 2.05) is 26.0 Å². The molecule has 2 aliphatic heterocycles. The zero-order chi connectivity index (χ0) is 26.4. The van der Waals surface area contributed by atoms with Crippen molar-refractivity contribution >= 4 is 38.4 Å². The normalized spacial score (nSPS) is 16.4. The lowest BCUT2D eigenvalue weighted by Crippen LogP contribution is -2.26. The lowest BCUT2D eigenvalue weighted by Gasteiger charge is -2.05. The lowest BCUT2D eigenvalue weighted by atomic mass is 10.1. The number of urea groups is 1. The van der Waals surface area contributed by atoms with Crippen LogP contribution in [0.15, 0.2) is 47.5 Å². The Bertz CT molecular complexity index is 1290. The molecule has 4 amide bonds. The van der Waals surface area contributed by atoms with Crippen molar-refractivity contribution in [1.82, 2.24) is 15.5 Å². The molecule has 186 valence electrons. The van der Waals surface area contributed by atoms with Crippen LogP contribution in [-0.4, -0.2) is 54.2 Å². The smallest absolute Gasteiger partial charge is 0.322 e. The summed E-state index contributed by atoms with van der Waals surface area (Å²) in [5.41, 5.74) is 4.04. The van der Waals surface area contributed by atoms with Gasteiger partial charge in [-0.25, -0.2) is 9.79 Å². The molecule has 2 heterocycles. The molecule has 0 radical (unpaired) electrons. The Morgan fingerprint density at radius 1 is 1.19 bits per heavy atom. The number of nitrogens with zero attached hydrogens (tertiary/aromatic N) is 2. The first-order valence-electron chi connectivity index (χ1n) is 11.2. The van der Waals surface area contributed by atoms with Gasteiger partial charge in [-0.05, 0) is 47.9 Å². The number of amides is 4. The van der Waals surface area contributed by atoms with Gasteiger partial charge in [-0.1, -0.05) is 41.0 Å². The van der Waals surface area contributed by atoms with Gasteiger partial charge < -0.3 is 15.0 Å². The van der Waals surface area contributed by atoms with Crippen LogP contribution in [0.2, 0.25) is 0 Å². The first-order valence-corrected chi connectivity index (χ1v) is 11.7. The van der Waals surface area contributed by atoms with Crippen molar-refractivity contribution in [2.75, 3.05) is 14.2 Å². The summed E-state index contributed by atoms with van der Waals surface area (Å²) >= 11 is 0. The summed E-state index contributed by atoms with van der Waals surface area (Å²) in [6.07, 6.45) is 0. The first kappa shape index (κ1) is 26.6. The van der Waals surface area contributed by atoms with Gasteiger partial charge in [0.15, 0.2) is 11.9 Å². The minimum atomic E-state index is -0.823. The molecule has 0 aliphatic carbocycles. The van der Waals surface area contributed by atoms with Crippen LogP contribution in [0.4, 0.5) is 4.79 Å². The Labute approximate surface area is 212 Å². The highest BCUT2D eigenvalue weighted by atomic mass is 31.0. The fourth-order valence-electron chi connectivity index (χ4n) is 3.26. The molecule has 10 heteroatoms. The number of ether oxygens (including phenoxy) is 1. The predicted octanol–water partition coefficient (Wildman–Crippen LogP) is 2.78. The van der Waals surface area contributed by atoms with Gasteiger partial charge in [-0.2, -0.15) is 0 Å². The van der Waals surface area contributed by atoms with Crippen molar-refractivity contribution in [2.45, 2.75) is 26.4 Å². The van der Waals surface area contributed by atoms with Gasteiger partial charge in [0.1, 0.15) is 5.75 Å². The van der Waals surface area contributed by atoms with E-state index >= 15 is 0 Å². The Hall–Kier alpha value is -4.02. The number of aliphatic imine (C=N–C) groups is 1. The zero-order valence-corrected chi connectivity index (χ0v) is 21.7. The summed E-state index contributed by atoms with van der Waals surface area (Å²) in [5.74, 6) is 6.34. The highest BCUT2D eigenvalue weighted by Gasteiger charge is 2.27. The second kappa shape index (κ2) is 11.6. The van der Waals surface area contributed by atoms with E-state index in [1.54, 1.807) is 49.4 Å². The predicted molar refractivity (Wildman–Crippen MR) is 141 cm³/mol. The summed E-state index contributed by atoms with van der Waals surface area (Å²) in [7, 11) is 5.94. The van der Waals surface area contributed by atoms with Crippen LogP contribution in [0.3, 0.4) is 0 Å². The molecular formula is C26H28N5O4P. The molecule has 0 spiro atoms. The van der Waals surface area contributed by atoms with Crippen molar-refractivity contribution in [1.29, 1.82) is 5.41 Å². The maximum absolute atomic E-state index is 11.5. The molecule has 1 fully saturated rings. The number of hydrogen-bond acceptors (Lipinski definition) is 5. The van der Waals surface area contributed by atoms with E-state index in [1.165, 1.54) is 0 Å². The van der Waals surface area contributed by atoms with Crippen molar-refractivity contribution in [3.8, 4) is 17.6 Å². The monoisotopic (exact) mass is 505 g/mol. The quantitative estimate of drug-likeness (QED) is 0.195. The molecule has 36 heavy (non-hydrogen) atoms. The van der Waals surface area contributed by atoms with E-state index in [0.29, 0.717) is 17.7 Å². The van der Waals surface area contributed by atoms with Gasteiger partial charge in [-0.15, -0.1) is 0 Å². The molecule has 4 rings (SSSR count). The second-order valence-corrected chi connectivity index (χ2v) is 9.06. The van der Waals surface area contributed by atoms with Gasteiger partial charge in [-0.3, -0.25) is 20.3 Å². The number of hydrogen-bond donors (Lipinski definition) is 3. The number of carbonyl (C=O) groups is 3. The number of carbonyl (C=O) groups excluding carboxylic acids is 3. The van der Waals surface area contributed by atoms with Crippen LogP contribution in [0.5, 0.6) is 5.75 Å². The van der Waals surface area contributed by atoms with Crippen LogP contribution in [0, 0.1) is 23.2 Å². The molecule has 2 aromatic carbocycles. The third kappa shape index (κ3) is 6.55. The summed E-state index contributed by atoms with van der Waals surface area (Å²) in [4.78, 5) is 39.8. The summed E-state index contributed by atoms with van der Waals surface area (Å²) in [6, 6.07) is 11.3. The number of imide groups is 1. The number of methoxy groups -OCH3 is 1. The maximum Gasteiger partial charge on any atom is 0.322 e.